The molecule has 0 spiro atoms. The van der Waals surface area contributed by atoms with Crippen molar-refractivity contribution in [3.63, 3.8) is 0 Å². The molecule has 14 heavy (non-hydrogen) atoms. The van der Waals surface area contributed by atoms with Crippen LogP contribution in [0.1, 0.15) is 17.5 Å². The zero-order valence-electron chi connectivity index (χ0n) is 8.70. The van der Waals surface area contributed by atoms with E-state index in [9.17, 15) is 0 Å². The van der Waals surface area contributed by atoms with Gasteiger partial charge in [-0.25, -0.2) is 0 Å². The fourth-order valence-electron chi connectivity index (χ4n) is 1.34. The highest BCUT2D eigenvalue weighted by Crippen LogP contribution is 2.04. The number of aryl methyl sites for hydroxylation is 1. The first-order valence-electron chi connectivity index (χ1n) is 4.68. The van der Waals surface area contributed by atoms with Gasteiger partial charge < -0.3 is 4.90 Å². The Morgan fingerprint density at radius 1 is 1.50 bits per heavy atom. The fourth-order valence-corrected chi connectivity index (χ4v) is 1.34. The van der Waals surface area contributed by atoms with Crippen LogP contribution in [0.25, 0.3) is 0 Å². The Labute approximate surface area is 85.0 Å². The lowest BCUT2D eigenvalue weighted by Gasteiger charge is -2.14. The molecular weight excluding hydrogens is 174 g/mol. The molecule has 0 radical (unpaired) electrons. The molecule has 0 saturated carbocycles. The molecule has 0 bridgehead atoms. The molecule has 0 aliphatic heterocycles. The van der Waals surface area contributed by atoms with Gasteiger partial charge in [-0.3, -0.25) is 4.98 Å². The van der Waals surface area contributed by atoms with Crippen molar-refractivity contribution in [2.45, 2.75) is 19.9 Å². The van der Waals surface area contributed by atoms with Crippen molar-refractivity contribution in [3.8, 4) is 6.07 Å². The SMILES string of the molecule is Cc1cncc(CN(C)CCC#N)c1. The van der Waals surface area contributed by atoms with E-state index in [2.05, 4.69) is 22.0 Å². The van der Waals surface area contributed by atoms with Crippen LogP contribution in [0.4, 0.5) is 0 Å². The first-order valence-corrected chi connectivity index (χ1v) is 4.68. The second-order valence-corrected chi connectivity index (χ2v) is 3.52. The molecule has 0 N–H and O–H groups in total. The largest absolute Gasteiger partial charge is 0.301 e. The molecular formula is C11H15N3. The minimum absolute atomic E-state index is 0.579. The van der Waals surface area contributed by atoms with Crippen LogP contribution in [0.3, 0.4) is 0 Å². The first-order chi connectivity index (χ1) is 6.72. The molecule has 1 heterocycles. The quantitative estimate of drug-likeness (QED) is 0.724. The lowest BCUT2D eigenvalue weighted by molar-refractivity contribution is 0.334. The summed E-state index contributed by atoms with van der Waals surface area (Å²) in [6.07, 6.45) is 4.30. The zero-order valence-corrected chi connectivity index (χ0v) is 8.70. The van der Waals surface area contributed by atoms with Gasteiger partial charge in [-0.1, -0.05) is 6.07 Å². The molecule has 0 fully saturated rings. The van der Waals surface area contributed by atoms with Crippen LogP contribution in [0.2, 0.25) is 0 Å². The summed E-state index contributed by atoms with van der Waals surface area (Å²) in [5.74, 6) is 0. The van der Waals surface area contributed by atoms with Crippen molar-refractivity contribution in [2.24, 2.45) is 0 Å². The Hall–Kier alpha value is -1.40. The summed E-state index contributed by atoms with van der Waals surface area (Å²) in [5.41, 5.74) is 2.38. The van der Waals surface area contributed by atoms with Crippen LogP contribution < -0.4 is 0 Å². The lowest BCUT2D eigenvalue weighted by Crippen LogP contribution is -2.18. The normalized spacial score (nSPS) is 10.1. The van der Waals surface area contributed by atoms with E-state index < -0.39 is 0 Å². The summed E-state index contributed by atoms with van der Waals surface area (Å²) < 4.78 is 0. The van der Waals surface area contributed by atoms with Crippen molar-refractivity contribution < 1.29 is 0 Å². The molecule has 0 aliphatic carbocycles. The van der Waals surface area contributed by atoms with Gasteiger partial charge in [-0.15, -0.1) is 0 Å². The van der Waals surface area contributed by atoms with Gasteiger partial charge in [-0.05, 0) is 25.1 Å². The minimum Gasteiger partial charge on any atom is -0.301 e. The maximum absolute atomic E-state index is 8.44. The summed E-state index contributed by atoms with van der Waals surface area (Å²) >= 11 is 0. The van der Waals surface area contributed by atoms with Crippen molar-refractivity contribution in [3.05, 3.63) is 29.6 Å². The number of rotatable bonds is 4. The first kappa shape index (κ1) is 10.7. The molecule has 0 unspecified atom stereocenters. The fraction of sp³-hybridized carbons (Fsp3) is 0.455. The Morgan fingerprint density at radius 2 is 2.29 bits per heavy atom. The Morgan fingerprint density at radius 3 is 2.93 bits per heavy atom. The van der Waals surface area contributed by atoms with E-state index in [1.807, 2.05) is 26.4 Å². The van der Waals surface area contributed by atoms with Crippen LogP contribution in [-0.2, 0) is 6.54 Å². The maximum Gasteiger partial charge on any atom is 0.0635 e. The van der Waals surface area contributed by atoms with Gasteiger partial charge >= 0.3 is 0 Å². The van der Waals surface area contributed by atoms with Gasteiger partial charge in [0.2, 0.25) is 0 Å². The molecule has 3 heteroatoms. The van der Waals surface area contributed by atoms with Gasteiger partial charge in [-0.2, -0.15) is 5.26 Å². The highest BCUT2D eigenvalue weighted by Gasteiger charge is 1.99. The molecule has 3 nitrogen and oxygen atoms in total. The summed E-state index contributed by atoms with van der Waals surface area (Å²) in [6, 6.07) is 4.26. The Kier molecular flexibility index (Phi) is 4.09. The number of aromatic nitrogens is 1. The summed E-state index contributed by atoms with van der Waals surface area (Å²) in [5, 5.41) is 8.44. The Bertz CT molecular complexity index is 328. The number of nitriles is 1. The van der Waals surface area contributed by atoms with Gasteiger partial charge in [0, 0.05) is 31.9 Å². The third kappa shape index (κ3) is 3.55. The molecule has 0 amide bonds. The second kappa shape index (κ2) is 5.36. The third-order valence-corrected chi connectivity index (χ3v) is 1.99. The summed E-state index contributed by atoms with van der Waals surface area (Å²) in [4.78, 5) is 6.25. The Balaban J connectivity index is 2.48. The van der Waals surface area contributed by atoms with Gasteiger partial charge in [0.05, 0.1) is 6.07 Å². The van der Waals surface area contributed by atoms with Crippen LogP contribution >= 0.6 is 0 Å². The molecule has 0 aliphatic rings. The number of hydrogen-bond acceptors (Lipinski definition) is 3. The number of pyridine rings is 1. The number of nitrogens with zero attached hydrogens (tertiary/aromatic N) is 3. The lowest BCUT2D eigenvalue weighted by atomic mass is 10.2. The molecule has 0 atom stereocenters. The van der Waals surface area contributed by atoms with E-state index in [0.717, 1.165) is 13.1 Å². The molecule has 0 aromatic carbocycles. The van der Waals surface area contributed by atoms with E-state index in [1.54, 1.807) is 0 Å². The second-order valence-electron chi connectivity index (χ2n) is 3.52. The third-order valence-electron chi connectivity index (χ3n) is 1.99. The van der Waals surface area contributed by atoms with E-state index in [-0.39, 0.29) is 0 Å². The molecule has 1 rings (SSSR count). The highest BCUT2D eigenvalue weighted by atomic mass is 15.1. The van der Waals surface area contributed by atoms with E-state index >= 15 is 0 Å². The molecule has 1 aromatic heterocycles. The summed E-state index contributed by atoms with van der Waals surface area (Å²) in [7, 11) is 2.01. The van der Waals surface area contributed by atoms with E-state index in [4.69, 9.17) is 5.26 Å². The standard InChI is InChI=1S/C11H15N3/c1-10-6-11(8-13-7-10)9-14(2)5-3-4-12/h6-8H,3,5,9H2,1-2H3. The summed E-state index contributed by atoms with van der Waals surface area (Å²) in [6.45, 7) is 3.70. The van der Waals surface area contributed by atoms with Crippen molar-refractivity contribution in [1.29, 1.82) is 5.26 Å². The maximum atomic E-state index is 8.44. The van der Waals surface area contributed by atoms with Crippen LogP contribution in [-0.4, -0.2) is 23.5 Å². The van der Waals surface area contributed by atoms with Crippen LogP contribution in [0.15, 0.2) is 18.5 Å². The van der Waals surface area contributed by atoms with E-state index in [1.165, 1.54) is 11.1 Å². The van der Waals surface area contributed by atoms with Gasteiger partial charge in [0.1, 0.15) is 0 Å². The van der Waals surface area contributed by atoms with Crippen LogP contribution in [0, 0.1) is 18.3 Å². The van der Waals surface area contributed by atoms with Crippen molar-refractivity contribution in [1.82, 2.24) is 9.88 Å². The highest BCUT2D eigenvalue weighted by molar-refractivity contribution is 5.16. The molecule has 74 valence electrons. The van der Waals surface area contributed by atoms with Gasteiger partial charge in [0.25, 0.3) is 0 Å². The zero-order chi connectivity index (χ0) is 10.4. The number of hydrogen-bond donors (Lipinski definition) is 0. The average Bonchev–Trinajstić information content (AvgIpc) is 2.15. The predicted octanol–water partition coefficient (Wildman–Crippen LogP) is 1.74. The van der Waals surface area contributed by atoms with Gasteiger partial charge in [0.15, 0.2) is 0 Å². The van der Waals surface area contributed by atoms with Crippen LogP contribution in [0.5, 0.6) is 0 Å². The topological polar surface area (TPSA) is 39.9 Å². The monoisotopic (exact) mass is 189 g/mol. The molecule has 0 saturated heterocycles. The van der Waals surface area contributed by atoms with Crippen molar-refractivity contribution in [2.75, 3.05) is 13.6 Å². The predicted molar refractivity (Wildman–Crippen MR) is 55.5 cm³/mol. The van der Waals surface area contributed by atoms with E-state index in [0.29, 0.717) is 6.42 Å². The average molecular weight is 189 g/mol. The minimum atomic E-state index is 0.579. The smallest absolute Gasteiger partial charge is 0.0635 e. The molecule has 1 aromatic rings. The van der Waals surface area contributed by atoms with Crippen molar-refractivity contribution >= 4 is 0 Å².